The molecule has 0 aromatic carbocycles. The fraction of sp³-hybridized carbons (Fsp3) is 0.833. The van der Waals surface area contributed by atoms with Crippen LogP contribution < -0.4 is 5.32 Å². The van der Waals surface area contributed by atoms with Crippen LogP contribution in [0, 0.1) is 11.8 Å². The standard InChI is InChI=1S/C12H22N2/c1-4-9(3)14-8-10-6-13-7-11(10)12(14)5-2/h4,9-13H,1,5-8H2,2-3H3. The summed E-state index contributed by atoms with van der Waals surface area (Å²) in [5.41, 5.74) is 0. The van der Waals surface area contributed by atoms with Crippen molar-refractivity contribution in [2.45, 2.75) is 32.4 Å². The van der Waals surface area contributed by atoms with Gasteiger partial charge in [-0.05, 0) is 38.3 Å². The highest BCUT2D eigenvalue weighted by atomic mass is 15.2. The van der Waals surface area contributed by atoms with Crippen molar-refractivity contribution in [2.24, 2.45) is 11.8 Å². The maximum Gasteiger partial charge on any atom is 0.0250 e. The second-order valence-corrected chi connectivity index (χ2v) is 4.73. The van der Waals surface area contributed by atoms with Gasteiger partial charge in [-0.1, -0.05) is 13.0 Å². The highest BCUT2D eigenvalue weighted by molar-refractivity contribution is 5.01. The summed E-state index contributed by atoms with van der Waals surface area (Å²) < 4.78 is 0. The first-order chi connectivity index (χ1) is 6.77. The Kier molecular flexibility index (Phi) is 2.93. The van der Waals surface area contributed by atoms with Gasteiger partial charge in [0.25, 0.3) is 0 Å². The molecule has 2 aliphatic heterocycles. The molecule has 2 aliphatic rings. The second-order valence-electron chi connectivity index (χ2n) is 4.73. The molecule has 0 aromatic heterocycles. The van der Waals surface area contributed by atoms with E-state index in [-0.39, 0.29) is 0 Å². The zero-order valence-corrected chi connectivity index (χ0v) is 9.37. The quantitative estimate of drug-likeness (QED) is 0.685. The summed E-state index contributed by atoms with van der Waals surface area (Å²) in [6.07, 6.45) is 3.36. The van der Waals surface area contributed by atoms with Crippen LogP contribution in [-0.4, -0.2) is 36.6 Å². The van der Waals surface area contributed by atoms with Crippen LogP contribution in [0.5, 0.6) is 0 Å². The fourth-order valence-corrected chi connectivity index (χ4v) is 3.20. The van der Waals surface area contributed by atoms with Crippen LogP contribution in [0.1, 0.15) is 20.3 Å². The number of nitrogens with one attached hydrogen (secondary N) is 1. The Balaban J connectivity index is 2.09. The summed E-state index contributed by atoms with van der Waals surface area (Å²) in [6, 6.07) is 1.33. The topological polar surface area (TPSA) is 15.3 Å². The van der Waals surface area contributed by atoms with E-state index in [0.29, 0.717) is 6.04 Å². The van der Waals surface area contributed by atoms with Gasteiger partial charge in [0.1, 0.15) is 0 Å². The normalized spacial score (nSPS) is 39.7. The van der Waals surface area contributed by atoms with Gasteiger partial charge in [0.05, 0.1) is 0 Å². The van der Waals surface area contributed by atoms with Crippen LogP contribution in [0.3, 0.4) is 0 Å². The van der Waals surface area contributed by atoms with Crippen LogP contribution in [0.2, 0.25) is 0 Å². The molecule has 80 valence electrons. The third-order valence-corrected chi connectivity index (χ3v) is 4.04. The van der Waals surface area contributed by atoms with Crippen molar-refractivity contribution < 1.29 is 0 Å². The molecule has 2 saturated heterocycles. The molecule has 4 atom stereocenters. The first-order valence-electron chi connectivity index (χ1n) is 5.87. The second kappa shape index (κ2) is 4.03. The average molecular weight is 194 g/mol. The van der Waals surface area contributed by atoms with E-state index in [1.54, 1.807) is 0 Å². The third-order valence-electron chi connectivity index (χ3n) is 4.04. The minimum Gasteiger partial charge on any atom is -0.316 e. The summed E-state index contributed by atoms with van der Waals surface area (Å²) in [6.45, 7) is 12.2. The van der Waals surface area contributed by atoms with Gasteiger partial charge in [0.15, 0.2) is 0 Å². The Morgan fingerprint density at radius 1 is 1.57 bits per heavy atom. The Hall–Kier alpha value is -0.340. The van der Waals surface area contributed by atoms with Gasteiger partial charge in [0.2, 0.25) is 0 Å². The molecule has 4 unspecified atom stereocenters. The van der Waals surface area contributed by atoms with Gasteiger partial charge >= 0.3 is 0 Å². The number of fused-ring (bicyclic) bond motifs is 1. The molecule has 0 saturated carbocycles. The monoisotopic (exact) mass is 194 g/mol. The minimum atomic E-state index is 0.547. The summed E-state index contributed by atoms with van der Waals surface area (Å²) in [7, 11) is 0. The third kappa shape index (κ3) is 1.51. The van der Waals surface area contributed by atoms with E-state index < -0.39 is 0 Å². The Morgan fingerprint density at radius 2 is 2.36 bits per heavy atom. The molecule has 0 radical (unpaired) electrons. The lowest BCUT2D eigenvalue weighted by atomic mass is 9.92. The van der Waals surface area contributed by atoms with Crippen LogP contribution in [-0.2, 0) is 0 Å². The van der Waals surface area contributed by atoms with Gasteiger partial charge in [0, 0.05) is 18.6 Å². The number of hydrogen-bond acceptors (Lipinski definition) is 2. The van der Waals surface area contributed by atoms with Crippen molar-refractivity contribution in [3.05, 3.63) is 12.7 Å². The predicted octanol–water partition coefficient (Wildman–Crippen LogP) is 1.49. The van der Waals surface area contributed by atoms with E-state index >= 15 is 0 Å². The van der Waals surface area contributed by atoms with E-state index in [1.165, 1.54) is 26.1 Å². The molecule has 2 fully saturated rings. The lowest BCUT2D eigenvalue weighted by Crippen LogP contribution is -2.40. The highest BCUT2D eigenvalue weighted by Gasteiger charge is 2.43. The summed E-state index contributed by atoms with van der Waals surface area (Å²) in [4.78, 5) is 2.64. The predicted molar refractivity (Wildman–Crippen MR) is 60.3 cm³/mol. The van der Waals surface area contributed by atoms with Crippen LogP contribution >= 0.6 is 0 Å². The molecule has 0 spiro atoms. The number of nitrogens with zero attached hydrogens (tertiary/aromatic N) is 1. The van der Waals surface area contributed by atoms with Gasteiger partial charge in [-0.3, -0.25) is 4.90 Å². The summed E-state index contributed by atoms with van der Waals surface area (Å²) in [5, 5.41) is 3.51. The minimum absolute atomic E-state index is 0.547. The number of rotatable bonds is 3. The Labute approximate surface area is 87.4 Å². The first kappa shape index (κ1) is 10.2. The SMILES string of the molecule is C=CC(C)N1CC2CNCC2C1CC. The molecule has 2 heterocycles. The summed E-state index contributed by atoms with van der Waals surface area (Å²) >= 11 is 0. The molecule has 2 rings (SSSR count). The molecule has 0 amide bonds. The molecule has 2 heteroatoms. The summed E-state index contributed by atoms with van der Waals surface area (Å²) in [5.74, 6) is 1.78. The number of likely N-dealkylation sites (tertiary alicyclic amines) is 1. The van der Waals surface area contributed by atoms with Gasteiger partial charge < -0.3 is 5.32 Å². The van der Waals surface area contributed by atoms with Crippen molar-refractivity contribution in [1.29, 1.82) is 0 Å². The van der Waals surface area contributed by atoms with Crippen molar-refractivity contribution in [3.8, 4) is 0 Å². The van der Waals surface area contributed by atoms with Gasteiger partial charge in [-0.2, -0.15) is 0 Å². The van der Waals surface area contributed by atoms with Crippen LogP contribution in [0.15, 0.2) is 12.7 Å². The van der Waals surface area contributed by atoms with Crippen molar-refractivity contribution in [3.63, 3.8) is 0 Å². The van der Waals surface area contributed by atoms with Crippen molar-refractivity contribution >= 4 is 0 Å². The highest BCUT2D eigenvalue weighted by Crippen LogP contribution is 2.35. The molecule has 0 aromatic rings. The zero-order chi connectivity index (χ0) is 10.1. The number of hydrogen-bond donors (Lipinski definition) is 1. The van der Waals surface area contributed by atoms with E-state index in [0.717, 1.165) is 17.9 Å². The Bertz CT molecular complexity index is 214. The smallest absolute Gasteiger partial charge is 0.0250 e. The maximum absolute atomic E-state index is 3.91. The van der Waals surface area contributed by atoms with Gasteiger partial charge in [-0.25, -0.2) is 0 Å². The molecule has 14 heavy (non-hydrogen) atoms. The molecular weight excluding hydrogens is 172 g/mol. The van der Waals surface area contributed by atoms with Crippen LogP contribution in [0.25, 0.3) is 0 Å². The maximum atomic E-state index is 3.91. The van der Waals surface area contributed by atoms with Crippen molar-refractivity contribution in [1.82, 2.24) is 10.2 Å². The Morgan fingerprint density at radius 3 is 3.00 bits per heavy atom. The van der Waals surface area contributed by atoms with Gasteiger partial charge in [-0.15, -0.1) is 6.58 Å². The largest absolute Gasteiger partial charge is 0.316 e. The van der Waals surface area contributed by atoms with Crippen LogP contribution in [0.4, 0.5) is 0 Å². The lowest BCUT2D eigenvalue weighted by molar-refractivity contribution is 0.191. The fourth-order valence-electron chi connectivity index (χ4n) is 3.20. The molecule has 1 N–H and O–H groups in total. The van der Waals surface area contributed by atoms with Crippen molar-refractivity contribution in [2.75, 3.05) is 19.6 Å². The van der Waals surface area contributed by atoms with E-state index in [1.807, 2.05) is 0 Å². The zero-order valence-electron chi connectivity index (χ0n) is 9.37. The van der Waals surface area contributed by atoms with E-state index in [9.17, 15) is 0 Å². The average Bonchev–Trinajstić information content (AvgIpc) is 2.74. The molecular formula is C12H22N2. The first-order valence-corrected chi connectivity index (χ1v) is 5.87. The molecule has 0 aliphatic carbocycles. The van der Waals surface area contributed by atoms with E-state index in [2.05, 4.69) is 36.7 Å². The van der Waals surface area contributed by atoms with E-state index in [4.69, 9.17) is 0 Å². The molecule has 0 bridgehead atoms. The molecule has 2 nitrogen and oxygen atoms in total. The lowest BCUT2D eigenvalue weighted by Gasteiger charge is -2.30.